The third-order valence-corrected chi connectivity index (χ3v) is 2.28. The molecule has 5 nitrogen and oxygen atoms in total. The topological polar surface area (TPSA) is 42.0 Å². The highest BCUT2D eigenvalue weighted by Gasteiger charge is 2.20. The van der Waals surface area contributed by atoms with Gasteiger partial charge in [0.25, 0.3) is 0 Å². The van der Waals surface area contributed by atoms with E-state index in [9.17, 15) is 4.79 Å². The Kier molecular flexibility index (Phi) is 4.86. The maximum Gasteiger partial charge on any atom is 0.248 e. The Balaban J connectivity index is 2.23. The lowest BCUT2D eigenvalue weighted by atomic mass is 10.3. The van der Waals surface area contributed by atoms with Gasteiger partial charge >= 0.3 is 0 Å². The molecule has 0 aromatic heterocycles. The number of hydroxylamine groups is 2. The number of ether oxygens (including phenoxy) is 1. The maximum absolute atomic E-state index is 11.5. The molecule has 0 aromatic rings. The van der Waals surface area contributed by atoms with Gasteiger partial charge in [-0.3, -0.25) is 4.79 Å². The lowest BCUT2D eigenvalue weighted by Crippen LogP contribution is -2.49. The monoisotopic (exact) mass is 202 g/mol. The molecule has 1 aliphatic heterocycles. The first kappa shape index (κ1) is 11.4. The van der Waals surface area contributed by atoms with E-state index in [0.717, 1.165) is 26.2 Å². The van der Waals surface area contributed by atoms with Crippen LogP contribution in [0.3, 0.4) is 0 Å². The SMILES string of the molecule is CCOCC(=O)N1CCN(OC)CC1. The molecule has 0 bridgehead atoms. The van der Waals surface area contributed by atoms with Crippen molar-refractivity contribution in [1.29, 1.82) is 0 Å². The molecule has 1 heterocycles. The summed E-state index contributed by atoms with van der Waals surface area (Å²) in [7, 11) is 1.65. The summed E-state index contributed by atoms with van der Waals surface area (Å²) < 4.78 is 5.07. The van der Waals surface area contributed by atoms with Gasteiger partial charge < -0.3 is 14.5 Å². The first-order chi connectivity index (χ1) is 6.77. The van der Waals surface area contributed by atoms with E-state index in [2.05, 4.69) is 0 Å². The van der Waals surface area contributed by atoms with Crippen molar-refractivity contribution in [3.8, 4) is 0 Å². The van der Waals surface area contributed by atoms with E-state index in [4.69, 9.17) is 9.57 Å². The number of amides is 1. The molecule has 0 radical (unpaired) electrons. The number of hydrogen-bond acceptors (Lipinski definition) is 4. The van der Waals surface area contributed by atoms with Gasteiger partial charge in [0.05, 0.1) is 7.11 Å². The van der Waals surface area contributed by atoms with Crippen molar-refractivity contribution in [1.82, 2.24) is 9.96 Å². The predicted octanol–water partition coefficient (Wildman–Crippen LogP) is -0.271. The van der Waals surface area contributed by atoms with Gasteiger partial charge in [-0.1, -0.05) is 0 Å². The molecule has 14 heavy (non-hydrogen) atoms. The Bertz CT molecular complexity index is 179. The van der Waals surface area contributed by atoms with Gasteiger partial charge in [0.1, 0.15) is 6.61 Å². The molecular weight excluding hydrogens is 184 g/mol. The smallest absolute Gasteiger partial charge is 0.248 e. The van der Waals surface area contributed by atoms with Crippen LogP contribution in [-0.2, 0) is 14.4 Å². The first-order valence-corrected chi connectivity index (χ1v) is 4.92. The van der Waals surface area contributed by atoms with E-state index in [-0.39, 0.29) is 12.5 Å². The van der Waals surface area contributed by atoms with Crippen molar-refractivity contribution >= 4 is 5.91 Å². The van der Waals surface area contributed by atoms with Gasteiger partial charge in [-0.25, -0.2) is 0 Å². The largest absolute Gasteiger partial charge is 0.372 e. The summed E-state index contributed by atoms with van der Waals surface area (Å²) in [6.45, 7) is 5.66. The van der Waals surface area contributed by atoms with Gasteiger partial charge in [0, 0.05) is 32.8 Å². The van der Waals surface area contributed by atoms with Crippen molar-refractivity contribution < 1.29 is 14.4 Å². The van der Waals surface area contributed by atoms with Crippen molar-refractivity contribution in [2.24, 2.45) is 0 Å². The molecule has 0 aromatic carbocycles. The number of nitrogens with zero attached hydrogens (tertiary/aromatic N) is 2. The second kappa shape index (κ2) is 5.95. The highest BCUT2D eigenvalue weighted by atomic mass is 16.7. The molecule has 1 saturated heterocycles. The zero-order valence-electron chi connectivity index (χ0n) is 8.86. The molecule has 1 aliphatic rings. The summed E-state index contributed by atoms with van der Waals surface area (Å²) in [5.41, 5.74) is 0. The average molecular weight is 202 g/mol. The molecule has 1 fully saturated rings. The van der Waals surface area contributed by atoms with E-state index in [0.29, 0.717) is 6.61 Å². The fourth-order valence-electron chi connectivity index (χ4n) is 1.40. The summed E-state index contributed by atoms with van der Waals surface area (Å²) in [4.78, 5) is 18.4. The minimum Gasteiger partial charge on any atom is -0.372 e. The molecule has 0 N–H and O–H groups in total. The second-order valence-electron chi connectivity index (χ2n) is 3.13. The molecule has 1 amide bonds. The van der Waals surface area contributed by atoms with E-state index in [1.54, 1.807) is 7.11 Å². The number of carbonyl (C=O) groups is 1. The van der Waals surface area contributed by atoms with Gasteiger partial charge in [0.2, 0.25) is 5.91 Å². The van der Waals surface area contributed by atoms with Crippen LogP contribution in [0.1, 0.15) is 6.92 Å². The van der Waals surface area contributed by atoms with Crippen LogP contribution in [0.2, 0.25) is 0 Å². The first-order valence-electron chi connectivity index (χ1n) is 4.92. The lowest BCUT2D eigenvalue weighted by Gasteiger charge is -2.32. The Morgan fingerprint density at radius 3 is 2.43 bits per heavy atom. The van der Waals surface area contributed by atoms with Gasteiger partial charge in [-0.05, 0) is 6.92 Å². The van der Waals surface area contributed by atoms with Gasteiger partial charge in [0.15, 0.2) is 0 Å². The highest BCUT2D eigenvalue weighted by Crippen LogP contribution is 2.01. The van der Waals surface area contributed by atoms with Crippen molar-refractivity contribution in [2.75, 3.05) is 46.5 Å². The molecule has 0 aliphatic carbocycles. The quantitative estimate of drug-likeness (QED) is 0.629. The molecule has 0 saturated carbocycles. The minimum absolute atomic E-state index is 0.0719. The highest BCUT2D eigenvalue weighted by molar-refractivity contribution is 5.77. The fourth-order valence-corrected chi connectivity index (χ4v) is 1.40. The van der Waals surface area contributed by atoms with Crippen molar-refractivity contribution in [3.63, 3.8) is 0 Å². The Hall–Kier alpha value is -0.650. The third kappa shape index (κ3) is 3.25. The standard InChI is InChI=1S/C9H18N2O3/c1-3-14-8-9(12)10-4-6-11(13-2)7-5-10/h3-8H2,1-2H3. The summed E-state index contributed by atoms with van der Waals surface area (Å²) in [6.07, 6.45) is 0. The van der Waals surface area contributed by atoms with E-state index >= 15 is 0 Å². The lowest BCUT2D eigenvalue weighted by molar-refractivity contribution is -0.163. The van der Waals surface area contributed by atoms with Crippen LogP contribution in [0.4, 0.5) is 0 Å². The van der Waals surface area contributed by atoms with Crippen LogP contribution in [-0.4, -0.2) is 62.4 Å². The normalized spacial score (nSPS) is 18.6. The van der Waals surface area contributed by atoms with Crippen LogP contribution in [0.5, 0.6) is 0 Å². The van der Waals surface area contributed by atoms with Crippen LogP contribution in [0.25, 0.3) is 0 Å². The average Bonchev–Trinajstić information content (AvgIpc) is 2.26. The van der Waals surface area contributed by atoms with Crippen LogP contribution in [0, 0.1) is 0 Å². The third-order valence-electron chi connectivity index (χ3n) is 2.28. The number of rotatable bonds is 4. The number of hydrogen-bond donors (Lipinski definition) is 0. The zero-order chi connectivity index (χ0) is 10.4. The maximum atomic E-state index is 11.5. The second-order valence-corrected chi connectivity index (χ2v) is 3.13. The molecule has 5 heteroatoms. The van der Waals surface area contributed by atoms with Crippen molar-refractivity contribution in [2.45, 2.75) is 6.92 Å². The molecule has 0 atom stereocenters. The van der Waals surface area contributed by atoms with Gasteiger partial charge in [-0.2, -0.15) is 5.06 Å². The molecular formula is C9H18N2O3. The Morgan fingerprint density at radius 1 is 1.29 bits per heavy atom. The Labute approximate surface area is 84.5 Å². The van der Waals surface area contributed by atoms with E-state index in [1.807, 2.05) is 16.9 Å². The molecule has 1 rings (SSSR count). The minimum atomic E-state index is 0.0719. The van der Waals surface area contributed by atoms with Crippen LogP contribution in [0.15, 0.2) is 0 Å². The number of piperazine rings is 1. The summed E-state index contributed by atoms with van der Waals surface area (Å²) in [5.74, 6) is 0.0719. The Morgan fingerprint density at radius 2 is 1.93 bits per heavy atom. The van der Waals surface area contributed by atoms with Crippen LogP contribution < -0.4 is 0 Å². The van der Waals surface area contributed by atoms with E-state index in [1.165, 1.54) is 0 Å². The predicted molar refractivity (Wildman–Crippen MR) is 51.7 cm³/mol. The zero-order valence-corrected chi connectivity index (χ0v) is 8.86. The summed E-state index contributed by atoms with van der Waals surface area (Å²) >= 11 is 0. The fraction of sp³-hybridized carbons (Fsp3) is 0.889. The van der Waals surface area contributed by atoms with Crippen LogP contribution >= 0.6 is 0 Å². The summed E-state index contributed by atoms with van der Waals surface area (Å²) in [5, 5.41) is 1.85. The molecule has 0 unspecified atom stereocenters. The number of carbonyl (C=O) groups excluding carboxylic acids is 1. The van der Waals surface area contributed by atoms with Gasteiger partial charge in [-0.15, -0.1) is 0 Å². The van der Waals surface area contributed by atoms with Crippen molar-refractivity contribution in [3.05, 3.63) is 0 Å². The summed E-state index contributed by atoms with van der Waals surface area (Å²) in [6, 6.07) is 0. The van der Waals surface area contributed by atoms with E-state index < -0.39 is 0 Å². The molecule has 0 spiro atoms. The molecule has 82 valence electrons.